The minimum atomic E-state index is -2.37. The lowest BCUT2D eigenvalue weighted by Crippen LogP contribution is -2.66. The van der Waals surface area contributed by atoms with Crippen molar-refractivity contribution < 1.29 is 8.85 Å². The normalized spacial score (nSPS) is 11.6. The predicted molar refractivity (Wildman–Crippen MR) is 287 cm³/mol. The summed E-state index contributed by atoms with van der Waals surface area (Å²) < 4.78 is 13.8. The number of hydrogen-bond donors (Lipinski definition) is 0. The summed E-state index contributed by atoms with van der Waals surface area (Å²) in [7, 11) is -4.70. The lowest BCUT2D eigenvalue weighted by molar-refractivity contribution is 0.286. The maximum Gasteiger partial charge on any atom is 0.261 e. The molecule has 0 saturated heterocycles. The second-order valence-electron chi connectivity index (χ2n) is 18.8. The van der Waals surface area contributed by atoms with E-state index in [-0.39, 0.29) is 10.1 Å². The van der Waals surface area contributed by atoms with Gasteiger partial charge in [0.2, 0.25) is 0 Å². The first-order valence-electron chi connectivity index (χ1n) is 24.4. The summed E-state index contributed by atoms with van der Waals surface area (Å²) in [5, 5.41) is 6.71. The minimum absolute atomic E-state index is 0.0586. The summed E-state index contributed by atoms with van der Waals surface area (Å²) in [6, 6.07) is 43.7. The molecule has 2 nitrogen and oxygen atoms in total. The van der Waals surface area contributed by atoms with Crippen molar-refractivity contribution in [2.75, 3.05) is 18.5 Å². The molecule has 0 bridgehead atoms. The highest BCUT2D eigenvalue weighted by atomic mass is 79.9. The fourth-order valence-electron chi connectivity index (χ4n) is 8.31. The summed E-state index contributed by atoms with van der Waals surface area (Å²) in [6.07, 6.45) is 25.4. The molecule has 63 heavy (non-hydrogen) atoms. The number of unbranched alkanes of at least 4 members (excludes halogenated alkanes) is 13. The topological polar surface area (TPSA) is 18.5 Å². The summed E-state index contributed by atoms with van der Waals surface area (Å²) in [6.45, 7) is 20.1. The number of rotatable bonds is 24. The Bertz CT molecular complexity index is 1720. The van der Waals surface area contributed by atoms with Gasteiger partial charge in [0.1, 0.15) is 0 Å². The summed E-state index contributed by atoms with van der Waals surface area (Å²) in [4.78, 5) is 0. The Kier molecular flexibility index (Phi) is 28.9. The van der Waals surface area contributed by atoms with Gasteiger partial charge in [-0.05, 0) is 69.3 Å². The highest BCUT2D eigenvalue weighted by molar-refractivity contribution is 9.09. The average molecular weight is 950 g/mol. The third-order valence-electron chi connectivity index (χ3n) is 11.6. The number of halogens is 1. The Labute approximate surface area is 398 Å². The van der Waals surface area contributed by atoms with Crippen LogP contribution in [0.3, 0.4) is 0 Å². The first-order chi connectivity index (χ1) is 30.5. The Morgan fingerprint density at radius 2 is 0.730 bits per heavy atom. The third kappa shape index (κ3) is 19.5. The van der Waals surface area contributed by atoms with Crippen LogP contribution in [0, 0.1) is 24.2 Å². The first kappa shape index (κ1) is 56.0. The molecular weight excluding hydrogens is 865 g/mol. The van der Waals surface area contributed by atoms with Crippen LogP contribution in [-0.2, 0) is 8.85 Å². The van der Waals surface area contributed by atoms with E-state index in [0.717, 1.165) is 50.6 Å². The van der Waals surface area contributed by atoms with E-state index in [2.05, 4.69) is 210 Å². The molecule has 0 atom stereocenters. The van der Waals surface area contributed by atoms with Crippen molar-refractivity contribution in [2.24, 2.45) is 0 Å². The van der Waals surface area contributed by atoms with Gasteiger partial charge in [-0.1, -0.05) is 244 Å². The third-order valence-corrected chi connectivity index (χ3v) is 22.3. The van der Waals surface area contributed by atoms with E-state index >= 15 is 0 Å². The molecule has 0 aromatic heterocycles. The van der Waals surface area contributed by atoms with Gasteiger partial charge in [0, 0.05) is 37.8 Å². The first-order valence-corrected chi connectivity index (χ1v) is 29.3. The zero-order valence-electron chi connectivity index (χ0n) is 41.0. The van der Waals surface area contributed by atoms with Gasteiger partial charge in [0.05, 0.1) is 0 Å². The van der Waals surface area contributed by atoms with Crippen molar-refractivity contribution in [1.29, 1.82) is 0 Å². The Hall–Kier alpha value is -3.17. The lowest BCUT2D eigenvalue weighted by atomic mass is 10.1. The van der Waals surface area contributed by atoms with Gasteiger partial charge in [0.25, 0.3) is 16.6 Å². The molecule has 4 aromatic rings. The molecule has 0 aliphatic heterocycles. The maximum atomic E-state index is 6.96. The zero-order valence-corrected chi connectivity index (χ0v) is 44.5. The number of benzene rings is 4. The van der Waals surface area contributed by atoms with Crippen molar-refractivity contribution in [3.05, 3.63) is 121 Å². The van der Waals surface area contributed by atoms with E-state index in [4.69, 9.17) is 15.3 Å². The van der Waals surface area contributed by atoms with E-state index in [1.54, 1.807) is 0 Å². The van der Waals surface area contributed by atoms with Crippen LogP contribution in [0.15, 0.2) is 121 Å². The molecule has 0 unspecified atom stereocenters. The van der Waals surface area contributed by atoms with Crippen LogP contribution >= 0.6 is 15.9 Å². The maximum absolute atomic E-state index is 6.96. The number of hydrogen-bond acceptors (Lipinski definition) is 2. The fraction of sp³-hybridized carbons (Fsp3) is 0.517. The van der Waals surface area contributed by atoms with Gasteiger partial charge in [-0.3, -0.25) is 0 Å². The molecular formula is C58H85BrO2Si2. The smallest absolute Gasteiger partial charge is 0.261 e. The molecule has 0 aliphatic rings. The average Bonchev–Trinajstić information content (AvgIpc) is 3.29. The molecule has 0 N–H and O–H groups in total. The van der Waals surface area contributed by atoms with Gasteiger partial charge in [-0.2, -0.15) is 0 Å². The van der Waals surface area contributed by atoms with E-state index < -0.39 is 16.6 Å². The van der Waals surface area contributed by atoms with Crippen LogP contribution < -0.4 is 20.7 Å². The molecule has 0 aliphatic carbocycles. The Morgan fingerprint density at radius 3 is 1.03 bits per heavy atom. The molecule has 4 aromatic carbocycles. The van der Waals surface area contributed by atoms with Gasteiger partial charge in [-0.25, -0.2) is 0 Å². The Balaban J connectivity index is 0.000000382. The summed E-state index contributed by atoms with van der Waals surface area (Å²) >= 11 is 3.51. The van der Waals surface area contributed by atoms with Gasteiger partial charge >= 0.3 is 0 Å². The van der Waals surface area contributed by atoms with Crippen molar-refractivity contribution in [3.8, 4) is 24.2 Å². The van der Waals surface area contributed by atoms with E-state index in [9.17, 15) is 0 Å². The predicted octanol–water partition coefficient (Wildman–Crippen LogP) is 14.8. The molecule has 0 radical (unpaired) electrons. The van der Waals surface area contributed by atoms with Crippen molar-refractivity contribution in [2.45, 2.75) is 175 Å². The van der Waals surface area contributed by atoms with Crippen LogP contribution in [0.5, 0.6) is 0 Å². The molecule has 4 rings (SSSR count). The molecule has 0 amide bonds. The molecule has 0 saturated carbocycles. The van der Waals surface area contributed by atoms with Crippen LogP contribution in [0.2, 0.25) is 10.1 Å². The standard InChI is InChI=1S/C29H42OSi.C22H31BrOSi.C7H12/c1-5-6-7-8-9-10-11-12-13-14-21-26-30-31(29(2,3)4,27-22-17-15-18-23-27)28-24-19-16-20-25-28;1-22(2,3)25(20-14-8-6-9-15-20,21-16-10-7-11-17-21)24-19-13-5-4-12-18-23;1-3-5-7-6-4-2/h15-20,22-25H,5-8,11-14,21,26H2,1-4H3;6-11,14-17H,4-5,12-13,18-19H2,1-3H3;1H,4-7H2,2H3. The molecule has 344 valence electrons. The lowest BCUT2D eigenvalue weighted by Gasteiger charge is -2.43. The van der Waals surface area contributed by atoms with E-state index in [1.165, 1.54) is 97.8 Å². The fourth-order valence-corrected chi connectivity index (χ4v) is 17.9. The monoisotopic (exact) mass is 949 g/mol. The molecule has 0 spiro atoms. The van der Waals surface area contributed by atoms with Crippen molar-refractivity contribution in [1.82, 2.24) is 0 Å². The van der Waals surface area contributed by atoms with Crippen molar-refractivity contribution >= 4 is 53.3 Å². The summed E-state index contributed by atoms with van der Waals surface area (Å²) in [5.74, 6) is 9.28. The molecule has 5 heteroatoms. The second kappa shape index (κ2) is 32.5. The van der Waals surface area contributed by atoms with Crippen LogP contribution in [0.1, 0.15) is 165 Å². The molecule has 0 heterocycles. The Morgan fingerprint density at radius 1 is 0.429 bits per heavy atom. The van der Waals surface area contributed by atoms with Crippen molar-refractivity contribution in [3.63, 3.8) is 0 Å². The van der Waals surface area contributed by atoms with Crippen LogP contribution in [0.25, 0.3) is 0 Å². The SMILES string of the molecule is C#CCCCCC.CC(C)(C)[Si](OCCCCCCBr)(c1ccccc1)c1ccccc1.CCCCCC#CCCCCCCO[Si](c1ccccc1)(c1ccccc1)C(C)(C)C. The number of alkyl halides is 1. The van der Waals surface area contributed by atoms with Gasteiger partial charge in [-0.15, -0.1) is 24.2 Å². The largest absolute Gasteiger partial charge is 0.407 e. The van der Waals surface area contributed by atoms with E-state index in [0.29, 0.717) is 0 Å². The summed E-state index contributed by atoms with van der Waals surface area (Å²) in [5.41, 5.74) is 0. The quantitative estimate of drug-likeness (QED) is 0.0302. The second-order valence-corrected chi connectivity index (χ2v) is 28.2. The van der Waals surface area contributed by atoms with Crippen LogP contribution in [0.4, 0.5) is 0 Å². The van der Waals surface area contributed by atoms with E-state index in [1.807, 2.05) is 0 Å². The highest BCUT2D eigenvalue weighted by Gasteiger charge is 2.51. The zero-order chi connectivity index (χ0) is 46.1. The number of terminal acetylenes is 1. The van der Waals surface area contributed by atoms with Crippen LogP contribution in [-0.4, -0.2) is 35.2 Å². The minimum Gasteiger partial charge on any atom is -0.407 e. The molecule has 0 fully saturated rings. The van der Waals surface area contributed by atoms with Gasteiger partial charge < -0.3 is 8.85 Å². The van der Waals surface area contributed by atoms with Gasteiger partial charge in [0.15, 0.2) is 0 Å². The highest BCUT2D eigenvalue weighted by Crippen LogP contribution is 2.38.